The van der Waals surface area contributed by atoms with Gasteiger partial charge in [0.25, 0.3) is 5.56 Å². The topological polar surface area (TPSA) is 99.6 Å². The molecule has 2 rings (SSSR count). The molecule has 0 amide bonds. The lowest BCUT2D eigenvalue weighted by Gasteiger charge is -2.14. The second-order valence-corrected chi connectivity index (χ2v) is 5.12. The summed E-state index contributed by atoms with van der Waals surface area (Å²) < 4.78 is 17.2. The Morgan fingerprint density at radius 2 is 2.27 bits per heavy atom. The molecule has 1 aromatic rings. The molecule has 1 aliphatic rings. The number of aromatic amines is 1. The Morgan fingerprint density at radius 1 is 1.50 bits per heavy atom. The van der Waals surface area contributed by atoms with E-state index in [1.165, 1.54) is 10.8 Å². The average molecular weight is 312 g/mol. The third-order valence-corrected chi connectivity index (χ3v) is 3.30. The van der Waals surface area contributed by atoms with E-state index in [1.807, 2.05) is 6.92 Å². The lowest BCUT2D eigenvalue weighted by molar-refractivity contribution is -0.159. The van der Waals surface area contributed by atoms with Crippen LogP contribution in [0, 0.1) is 6.92 Å². The zero-order valence-electron chi connectivity index (χ0n) is 12.7. The van der Waals surface area contributed by atoms with Gasteiger partial charge < -0.3 is 14.2 Å². The van der Waals surface area contributed by atoms with Gasteiger partial charge in [-0.25, -0.2) is 4.79 Å². The van der Waals surface area contributed by atoms with Crippen molar-refractivity contribution in [1.82, 2.24) is 9.55 Å². The van der Waals surface area contributed by atoms with Gasteiger partial charge in [0.2, 0.25) is 0 Å². The Balaban J connectivity index is 1.90. The summed E-state index contributed by atoms with van der Waals surface area (Å²) in [4.78, 5) is 36.7. The van der Waals surface area contributed by atoms with E-state index in [2.05, 4.69) is 4.98 Å². The van der Waals surface area contributed by atoms with Crippen LogP contribution in [0.2, 0.25) is 0 Å². The SMILES string of the molecule is CCCCC(=O)OC[C@H]1OC[C@H](n2cc(C)c(=O)[nH]c2=O)O1. The number of nitrogens with zero attached hydrogens (tertiary/aromatic N) is 1. The van der Waals surface area contributed by atoms with Gasteiger partial charge in [0.15, 0.2) is 12.5 Å². The molecule has 1 N–H and O–H groups in total. The quantitative estimate of drug-likeness (QED) is 0.766. The van der Waals surface area contributed by atoms with Crippen molar-refractivity contribution in [3.63, 3.8) is 0 Å². The third kappa shape index (κ3) is 4.05. The maximum Gasteiger partial charge on any atom is 0.330 e. The van der Waals surface area contributed by atoms with Crippen molar-refractivity contribution in [3.8, 4) is 0 Å². The van der Waals surface area contributed by atoms with Crippen molar-refractivity contribution in [1.29, 1.82) is 0 Å². The molecule has 0 bridgehead atoms. The molecule has 0 aliphatic carbocycles. The number of unbranched alkanes of at least 4 members (excludes halogenated alkanes) is 1. The molecule has 1 saturated heterocycles. The summed E-state index contributed by atoms with van der Waals surface area (Å²) >= 11 is 0. The highest BCUT2D eigenvalue weighted by Crippen LogP contribution is 2.19. The smallest absolute Gasteiger partial charge is 0.330 e. The summed E-state index contributed by atoms with van der Waals surface area (Å²) in [6, 6.07) is 0. The van der Waals surface area contributed by atoms with Crippen LogP contribution in [0.25, 0.3) is 0 Å². The fraction of sp³-hybridized carbons (Fsp3) is 0.643. The van der Waals surface area contributed by atoms with Gasteiger partial charge in [0.1, 0.15) is 6.61 Å². The molecule has 22 heavy (non-hydrogen) atoms. The van der Waals surface area contributed by atoms with Crippen LogP contribution < -0.4 is 11.2 Å². The van der Waals surface area contributed by atoms with Gasteiger partial charge in [0, 0.05) is 18.2 Å². The van der Waals surface area contributed by atoms with Crippen LogP contribution in [0.3, 0.4) is 0 Å². The summed E-state index contributed by atoms with van der Waals surface area (Å²) in [5, 5.41) is 0. The van der Waals surface area contributed by atoms with E-state index in [9.17, 15) is 14.4 Å². The number of aryl methyl sites for hydroxylation is 1. The van der Waals surface area contributed by atoms with E-state index in [4.69, 9.17) is 14.2 Å². The lowest BCUT2D eigenvalue weighted by Crippen LogP contribution is -2.34. The van der Waals surface area contributed by atoms with E-state index in [-0.39, 0.29) is 19.2 Å². The van der Waals surface area contributed by atoms with E-state index < -0.39 is 23.8 Å². The first kappa shape index (κ1) is 16.4. The monoisotopic (exact) mass is 312 g/mol. The number of nitrogens with one attached hydrogen (secondary N) is 1. The normalized spacial score (nSPS) is 21.0. The molecule has 1 aromatic heterocycles. The zero-order valence-corrected chi connectivity index (χ0v) is 12.7. The Kier molecular flexibility index (Phi) is 5.51. The van der Waals surface area contributed by atoms with Crippen LogP contribution in [-0.2, 0) is 19.0 Å². The Bertz CT molecular complexity index is 635. The summed E-state index contributed by atoms with van der Waals surface area (Å²) in [7, 11) is 0. The fourth-order valence-corrected chi connectivity index (χ4v) is 2.03. The lowest BCUT2D eigenvalue weighted by atomic mass is 10.2. The molecule has 2 atom stereocenters. The second kappa shape index (κ2) is 7.37. The van der Waals surface area contributed by atoms with Crippen molar-refractivity contribution < 1.29 is 19.0 Å². The highest BCUT2D eigenvalue weighted by atomic mass is 16.7. The first-order valence-corrected chi connectivity index (χ1v) is 7.26. The van der Waals surface area contributed by atoms with Crippen LogP contribution in [0.15, 0.2) is 15.8 Å². The van der Waals surface area contributed by atoms with Crippen molar-refractivity contribution in [2.45, 2.75) is 45.6 Å². The summed E-state index contributed by atoms with van der Waals surface area (Å²) in [6.07, 6.45) is 2.12. The Labute approximate surface area is 127 Å². The number of hydrogen-bond acceptors (Lipinski definition) is 6. The van der Waals surface area contributed by atoms with Crippen LogP contribution in [-0.4, -0.2) is 35.0 Å². The van der Waals surface area contributed by atoms with E-state index in [0.717, 1.165) is 12.8 Å². The molecule has 1 fully saturated rings. The highest BCUT2D eigenvalue weighted by molar-refractivity contribution is 5.69. The number of carbonyl (C=O) groups is 1. The first-order valence-electron chi connectivity index (χ1n) is 7.26. The van der Waals surface area contributed by atoms with Crippen molar-refractivity contribution in [3.05, 3.63) is 32.6 Å². The molecule has 1 aliphatic heterocycles. The van der Waals surface area contributed by atoms with Gasteiger partial charge in [-0.05, 0) is 13.3 Å². The van der Waals surface area contributed by atoms with Gasteiger partial charge in [-0.3, -0.25) is 19.1 Å². The van der Waals surface area contributed by atoms with Crippen LogP contribution >= 0.6 is 0 Å². The molecular formula is C14H20N2O6. The fourth-order valence-electron chi connectivity index (χ4n) is 2.03. The molecule has 0 saturated carbocycles. The molecule has 8 heteroatoms. The molecule has 0 radical (unpaired) electrons. The zero-order chi connectivity index (χ0) is 16.1. The second-order valence-electron chi connectivity index (χ2n) is 5.12. The number of rotatable bonds is 6. The number of hydrogen-bond donors (Lipinski definition) is 1. The van der Waals surface area contributed by atoms with Gasteiger partial charge in [0.05, 0.1) is 6.61 Å². The summed E-state index contributed by atoms with van der Waals surface area (Å²) in [6.45, 7) is 3.71. The van der Waals surface area contributed by atoms with Gasteiger partial charge in [-0.15, -0.1) is 0 Å². The number of ether oxygens (including phenoxy) is 3. The molecule has 0 spiro atoms. The van der Waals surface area contributed by atoms with Crippen LogP contribution in [0.5, 0.6) is 0 Å². The molecule has 8 nitrogen and oxygen atoms in total. The molecule has 0 aromatic carbocycles. The molecule has 2 heterocycles. The summed E-state index contributed by atoms with van der Waals surface area (Å²) in [5.41, 5.74) is -0.594. The minimum absolute atomic E-state index is 0.0177. The van der Waals surface area contributed by atoms with E-state index in [1.54, 1.807) is 6.92 Å². The predicted octanol–water partition coefficient (Wildman–Crippen LogP) is 0.450. The van der Waals surface area contributed by atoms with Crippen LogP contribution in [0.4, 0.5) is 0 Å². The highest BCUT2D eigenvalue weighted by Gasteiger charge is 2.29. The minimum atomic E-state index is -0.713. The molecule has 0 unspecified atom stereocenters. The van der Waals surface area contributed by atoms with E-state index >= 15 is 0 Å². The number of H-pyrrole nitrogens is 1. The van der Waals surface area contributed by atoms with Crippen molar-refractivity contribution >= 4 is 5.97 Å². The Hall–Kier alpha value is -1.93. The maximum absolute atomic E-state index is 11.8. The molecule has 122 valence electrons. The minimum Gasteiger partial charge on any atom is -0.460 e. The van der Waals surface area contributed by atoms with Crippen LogP contribution in [0.1, 0.15) is 38.0 Å². The Morgan fingerprint density at radius 3 is 3.00 bits per heavy atom. The first-order chi connectivity index (χ1) is 10.5. The maximum atomic E-state index is 11.8. The van der Waals surface area contributed by atoms with Crippen molar-refractivity contribution in [2.24, 2.45) is 0 Å². The van der Waals surface area contributed by atoms with Gasteiger partial charge >= 0.3 is 11.7 Å². The number of esters is 1. The third-order valence-electron chi connectivity index (χ3n) is 3.30. The van der Waals surface area contributed by atoms with E-state index in [0.29, 0.717) is 12.0 Å². The van der Waals surface area contributed by atoms with Gasteiger partial charge in [-0.2, -0.15) is 0 Å². The number of carbonyl (C=O) groups excluding carboxylic acids is 1. The van der Waals surface area contributed by atoms with Crippen molar-refractivity contribution in [2.75, 3.05) is 13.2 Å². The number of aromatic nitrogens is 2. The average Bonchev–Trinajstić information content (AvgIpc) is 2.95. The standard InChI is InChI=1S/C14H20N2O6/c1-3-4-5-11(17)20-8-12-21-7-10(22-12)16-6-9(2)13(18)15-14(16)19/h6,10,12H,3-5,7-8H2,1-2H3,(H,15,18,19)/t10-,12+/m1/s1. The molecular weight excluding hydrogens is 292 g/mol. The largest absolute Gasteiger partial charge is 0.460 e. The summed E-state index contributed by atoms with van der Waals surface area (Å²) in [5.74, 6) is -0.297. The predicted molar refractivity (Wildman–Crippen MR) is 76.4 cm³/mol. The van der Waals surface area contributed by atoms with Gasteiger partial charge in [-0.1, -0.05) is 13.3 Å².